The highest BCUT2D eigenvalue weighted by Gasteiger charge is 2.31. The molecule has 3 aliphatic rings. The zero-order valence-corrected chi connectivity index (χ0v) is 19.8. The van der Waals surface area contributed by atoms with Gasteiger partial charge in [-0.2, -0.15) is 0 Å². The third kappa shape index (κ3) is 4.81. The lowest BCUT2D eigenvalue weighted by Crippen LogP contribution is -2.41. The van der Waals surface area contributed by atoms with Crippen LogP contribution in [0.3, 0.4) is 0 Å². The predicted molar refractivity (Wildman–Crippen MR) is 136 cm³/mol. The van der Waals surface area contributed by atoms with Gasteiger partial charge in [0.05, 0.1) is 18.8 Å². The van der Waals surface area contributed by atoms with E-state index in [4.69, 9.17) is 4.74 Å². The maximum Gasteiger partial charge on any atom is 0.255 e. The number of ether oxygens (including phenoxy) is 1. The van der Waals surface area contributed by atoms with Gasteiger partial charge in [0.2, 0.25) is 0 Å². The summed E-state index contributed by atoms with van der Waals surface area (Å²) < 4.78 is 20.8. The van der Waals surface area contributed by atoms with E-state index in [2.05, 4.69) is 43.9 Å². The normalized spacial score (nSPS) is 19.7. The maximum absolute atomic E-state index is 15.4. The van der Waals surface area contributed by atoms with Crippen molar-refractivity contribution in [2.45, 2.75) is 25.4 Å². The second kappa shape index (κ2) is 9.95. The number of aromatic nitrogens is 1. The fourth-order valence-electron chi connectivity index (χ4n) is 4.86. The molecule has 1 atom stereocenters. The number of fused-ring (bicyclic) bond motifs is 1. The third-order valence-electron chi connectivity index (χ3n) is 6.80. The molecule has 3 aliphatic heterocycles. The molecule has 1 unspecified atom stereocenters. The van der Waals surface area contributed by atoms with Gasteiger partial charge in [-0.3, -0.25) is 4.79 Å². The Balaban J connectivity index is 1.38. The van der Waals surface area contributed by atoms with Crippen LogP contribution in [0, 0.1) is 5.82 Å². The molecule has 0 saturated carbocycles. The lowest BCUT2D eigenvalue weighted by atomic mass is 10.0. The number of nitrogens with one attached hydrogen (secondary N) is 3. The minimum absolute atomic E-state index is 0.00576. The molecule has 3 N–H and O–H groups in total. The highest BCUT2D eigenvalue weighted by atomic mass is 19.1. The summed E-state index contributed by atoms with van der Waals surface area (Å²) in [5.74, 6) is -0.298. The fourth-order valence-corrected chi connectivity index (χ4v) is 4.86. The Hall–Kier alpha value is -3.59. The number of hydrogen-bond donors (Lipinski definition) is 3. The Bertz CT molecular complexity index is 1130. The Labute approximate surface area is 204 Å². The third-order valence-corrected chi connectivity index (χ3v) is 6.80. The molecule has 2 saturated heterocycles. The molecule has 0 spiro atoms. The summed E-state index contributed by atoms with van der Waals surface area (Å²) in [5.41, 5.74) is 3.34. The van der Waals surface area contributed by atoms with Crippen molar-refractivity contribution in [2.75, 3.05) is 54.9 Å². The van der Waals surface area contributed by atoms with Crippen molar-refractivity contribution in [3.8, 4) is 0 Å². The number of nitrogens with zero attached hydrogens (tertiary/aromatic N) is 3. The molecule has 1 aromatic heterocycles. The highest BCUT2D eigenvalue weighted by molar-refractivity contribution is 6.03. The zero-order chi connectivity index (χ0) is 24.4. The molecule has 0 aliphatic carbocycles. The first-order valence-electron chi connectivity index (χ1n) is 12.1. The van der Waals surface area contributed by atoms with Crippen LogP contribution in [0.5, 0.6) is 0 Å². The Kier molecular flexibility index (Phi) is 6.59. The Morgan fingerprint density at radius 3 is 2.71 bits per heavy atom. The summed E-state index contributed by atoms with van der Waals surface area (Å²) >= 11 is 0. The number of morpholine rings is 1. The van der Waals surface area contributed by atoms with E-state index in [0.29, 0.717) is 17.9 Å². The standard InChI is InChI=1S/C26H31FN6O2/c1-3-17(2)33-10-4-5-19(16-33)30-25-23(27)21-15-28-26(34)22(21)24(31-25)29-18-6-8-20(9-7-18)32-11-13-35-14-12-32/h3,6-9,19H,1-2,4-5,10-16H2,(H,28,34)(H2,29,30,31). The zero-order valence-electron chi connectivity index (χ0n) is 19.8. The van der Waals surface area contributed by atoms with Crippen LogP contribution in [-0.4, -0.2) is 61.2 Å². The first kappa shape index (κ1) is 23.2. The summed E-state index contributed by atoms with van der Waals surface area (Å²) in [4.78, 5) is 21.5. The predicted octanol–water partition coefficient (Wildman–Crippen LogP) is 3.62. The van der Waals surface area contributed by atoms with E-state index < -0.39 is 5.82 Å². The fraction of sp³-hybridized carbons (Fsp3) is 0.385. The van der Waals surface area contributed by atoms with Crippen molar-refractivity contribution in [3.05, 3.63) is 66.1 Å². The first-order valence-corrected chi connectivity index (χ1v) is 12.1. The molecule has 1 aromatic carbocycles. The van der Waals surface area contributed by atoms with Gasteiger partial charge in [0.1, 0.15) is 5.82 Å². The van der Waals surface area contributed by atoms with E-state index in [1.807, 2.05) is 24.3 Å². The van der Waals surface area contributed by atoms with E-state index in [0.717, 1.165) is 62.8 Å². The van der Waals surface area contributed by atoms with Gasteiger partial charge < -0.3 is 30.5 Å². The minimum atomic E-state index is -0.480. The van der Waals surface area contributed by atoms with Crippen LogP contribution in [0.2, 0.25) is 0 Å². The second-order valence-electron chi connectivity index (χ2n) is 9.06. The van der Waals surface area contributed by atoms with E-state index in [1.54, 1.807) is 6.08 Å². The van der Waals surface area contributed by atoms with Gasteiger partial charge in [-0.05, 0) is 43.2 Å². The molecule has 1 amide bonds. The Morgan fingerprint density at radius 2 is 1.97 bits per heavy atom. The van der Waals surface area contributed by atoms with Crippen molar-refractivity contribution in [2.24, 2.45) is 0 Å². The first-order chi connectivity index (χ1) is 17.0. The number of pyridine rings is 1. The molecule has 8 nitrogen and oxygen atoms in total. The number of allylic oxidation sites excluding steroid dienone is 1. The van der Waals surface area contributed by atoms with Gasteiger partial charge in [0, 0.05) is 61.4 Å². The van der Waals surface area contributed by atoms with Crippen molar-refractivity contribution < 1.29 is 13.9 Å². The van der Waals surface area contributed by atoms with Gasteiger partial charge in [-0.25, -0.2) is 9.37 Å². The number of carbonyl (C=O) groups is 1. The summed E-state index contributed by atoms with van der Waals surface area (Å²) in [7, 11) is 0. The molecule has 9 heteroatoms. The van der Waals surface area contributed by atoms with Crippen LogP contribution < -0.4 is 20.9 Å². The number of likely N-dealkylation sites (tertiary alicyclic amines) is 1. The number of amides is 1. The van der Waals surface area contributed by atoms with Crippen molar-refractivity contribution in [1.82, 2.24) is 15.2 Å². The number of anilines is 4. The number of piperidine rings is 1. The summed E-state index contributed by atoms with van der Waals surface area (Å²) in [6.07, 6.45) is 3.58. The van der Waals surface area contributed by atoms with E-state index in [9.17, 15) is 4.79 Å². The monoisotopic (exact) mass is 478 g/mol. The van der Waals surface area contributed by atoms with Gasteiger partial charge in [0.15, 0.2) is 11.6 Å². The summed E-state index contributed by atoms with van der Waals surface area (Å²) in [6, 6.07) is 7.95. The lowest BCUT2D eigenvalue weighted by molar-refractivity contribution is 0.0966. The van der Waals surface area contributed by atoms with Crippen molar-refractivity contribution in [3.63, 3.8) is 0 Å². The second-order valence-corrected chi connectivity index (χ2v) is 9.06. The number of hydrogen-bond acceptors (Lipinski definition) is 7. The number of rotatable bonds is 7. The number of carbonyl (C=O) groups excluding carboxylic acids is 1. The molecule has 4 heterocycles. The quantitative estimate of drug-likeness (QED) is 0.525. The van der Waals surface area contributed by atoms with Crippen LogP contribution >= 0.6 is 0 Å². The van der Waals surface area contributed by atoms with Crippen LogP contribution in [0.15, 0.2) is 49.2 Å². The van der Waals surface area contributed by atoms with E-state index in [-0.39, 0.29) is 29.9 Å². The molecule has 35 heavy (non-hydrogen) atoms. The van der Waals surface area contributed by atoms with Gasteiger partial charge >= 0.3 is 0 Å². The molecular formula is C26H31FN6O2. The van der Waals surface area contributed by atoms with Crippen LogP contribution in [0.4, 0.5) is 27.4 Å². The highest BCUT2D eigenvalue weighted by Crippen LogP contribution is 2.33. The SMILES string of the molecule is C=CC(=C)N1CCCC(Nc2nc(Nc3ccc(N4CCOCC4)cc3)c3c(c2F)CNC3=O)C1. The molecule has 2 fully saturated rings. The van der Waals surface area contributed by atoms with Crippen molar-refractivity contribution in [1.29, 1.82) is 0 Å². The molecule has 2 aromatic rings. The largest absolute Gasteiger partial charge is 0.378 e. The molecule has 5 rings (SSSR count). The average Bonchev–Trinajstić information content (AvgIpc) is 3.29. The van der Waals surface area contributed by atoms with Crippen LogP contribution in [0.1, 0.15) is 28.8 Å². The maximum atomic E-state index is 15.4. The molecular weight excluding hydrogens is 447 g/mol. The lowest BCUT2D eigenvalue weighted by Gasteiger charge is -2.35. The Morgan fingerprint density at radius 1 is 1.20 bits per heavy atom. The molecule has 0 bridgehead atoms. The van der Waals surface area contributed by atoms with Gasteiger partial charge in [-0.1, -0.05) is 13.2 Å². The van der Waals surface area contributed by atoms with Gasteiger partial charge in [0.25, 0.3) is 5.91 Å². The average molecular weight is 479 g/mol. The van der Waals surface area contributed by atoms with E-state index >= 15 is 4.39 Å². The van der Waals surface area contributed by atoms with E-state index in [1.165, 1.54) is 0 Å². The minimum Gasteiger partial charge on any atom is -0.378 e. The smallest absolute Gasteiger partial charge is 0.255 e. The van der Waals surface area contributed by atoms with Crippen molar-refractivity contribution >= 4 is 28.9 Å². The summed E-state index contributed by atoms with van der Waals surface area (Å²) in [5, 5.41) is 9.25. The number of benzene rings is 1. The van der Waals surface area contributed by atoms with Crippen LogP contribution in [-0.2, 0) is 11.3 Å². The molecule has 0 radical (unpaired) electrons. The number of halogens is 1. The molecule has 184 valence electrons. The van der Waals surface area contributed by atoms with Crippen LogP contribution in [0.25, 0.3) is 0 Å². The topological polar surface area (TPSA) is 81.8 Å². The summed E-state index contributed by atoms with van der Waals surface area (Å²) in [6.45, 7) is 12.7. The van der Waals surface area contributed by atoms with Gasteiger partial charge in [-0.15, -0.1) is 0 Å².